The van der Waals surface area contributed by atoms with Crippen molar-refractivity contribution in [1.82, 2.24) is 4.90 Å². The Hall–Kier alpha value is -3.78. The molecule has 0 aromatic heterocycles. The van der Waals surface area contributed by atoms with E-state index in [2.05, 4.69) is 15.5 Å². The first kappa shape index (κ1) is 21.9. The quantitative estimate of drug-likeness (QED) is 0.210. The number of hydrogen-bond donors (Lipinski definition) is 4. The predicted octanol–water partition coefficient (Wildman–Crippen LogP) is 4.03. The molecule has 0 spiro atoms. The van der Waals surface area contributed by atoms with Gasteiger partial charge in [0.05, 0.1) is 16.3 Å². The minimum Gasteiger partial charge on any atom is -0.506 e. The number of non-ortho nitro benzene ring substituents is 1. The third-order valence-electron chi connectivity index (χ3n) is 4.85. The highest BCUT2D eigenvalue weighted by atomic mass is 16.6. The number of hydrogen-bond acceptors (Lipinski definition) is 7. The lowest BCUT2D eigenvalue weighted by Crippen LogP contribution is -2.33. The van der Waals surface area contributed by atoms with Crippen LogP contribution in [0.25, 0.3) is 0 Å². The zero-order chi connectivity index (χ0) is 22.1. The van der Waals surface area contributed by atoms with Crippen LogP contribution in [0, 0.1) is 10.1 Å². The van der Waals surface area contributed by atoms with E-state index in [0.29, 0.717) is 44.1 Å². The van der Waals surface area contributed by atoms with Crippen LogP contribution in [-0.4, -0.2) is 46.2 Å². The Morgan fingerprint density at radius 1 is 0.774 bits per heavy atom. The van der Waals surface area contributed by atoms with Gasteiger partial charge in [0.15, 0.2) is 0 Å². The molecule has 0 aliphatic rings. The van der Waals surface area contributed by atoms with E-state index < -0.39 is 4.92 Å². The highest BCUT2D eigenvalue weighted by Gasteiger charge is 2.10. The molecule has 3 aromatic carbocycles. The highest BCUT2D eigenvalue weighted by Crippen LogP contribution is 2.22. The molecule has 0 aliphatic carbocycles. The number of anilines is 2. The summed E-state index contributed by atoms with van der Waals surface area (Å²) in [6, 6.07) is 20.7. The van der Waals surface area contributed by atoms with Gasteiger partial charge in [-0.05, 0) is 29.8 Å². The lowest BCUT2D eigenvalue weighted by Gasteiger charge is -2.23. The first-order valence-corrected chi connectivity index (χ1v) is 10.0. The van der Waals surface area contributed by atoms with Gasteiger partial charge in [-0.15, -0.1) is 0 Å². The van der Waals surface area contributed by atoms with E-state index in [1.54, 1.807) is 36.4 Å². The second-order valence-electron chi connectivity index (χ2n) is 7.09. The lowest BCUT2D eigenvalue weighted by molar-refractivity contribution is -0.384. The van der Waals surface area contributed by atoms with Crippen molar-refractivity contribution in [2.75, 3.05) is 36.8 Å². The second-order valence-corrected chi connectivity index (χ2v) is 7.09. The molecule has 8 nitrogen and oxygen atoms in total. The molecule has 0 radical (unpaired) electrons. The molecule has 4 N–H and O–H groups in total. The first-order valence-electron chi connectivity index (χ1n) is 10.0. The summed E-state index contributed by atoms with van der Waals surface area (Å²) in [6.07, 6.45) is 0. The standard InChI is InChI=1S/C23H26N4O4/c28-22-7-3-1-5-20(22)24-13-15-26(16-14-25-21-6-2-4-8-23(21)29)17-18-9-11-19(12-10-18)27(30)31/h1-12,24-25,28-29H,13-17H2. The number of nitrogens with one attached hydrogen (secondary N) is 2. The summed E-state index contributed by atoms with van der Waals surface area (Å²) in [6.45, 7) is 3.22. The SMILES string of the molecule is O=[N+]([O-])c1ccc(CN(CCNc2ccccc2O)CCNc2ccccc2O)cc1. The third-order valence-corrected chi connectivity index (χ3v) is 4.85. The van der Waals surface area contributed by atoms with Gasteiger partial charge < -0.3 is 20.8 Å². The van der Waals surface area contributed by atoms with Crippen LogP contribution < -0.4 is 10.6 Å². The van der Waals surface area contributed by atoms with Crippen molar-refractivity contribution in [2.45, 2.75) is 6.54 Å². The monoisotopic (exact) mass is 422 g/mol. The van der Waals surface area contributed by atoms with Gasteiger partial charge in [-0.1, -0.05) is 36.4 Å². The molecule has 0 saturated carbocycles. The van der Waals surface area contributed by atoms with Crippen molar-refractivity contribution in [2.24, 2.45) is 0 Å². The fourth-order valence-electron chi connectivity index (χ4n) is 3.19. The van der Waals surface area contributed by atoms with Crippen LogP contribution in [0.1, 0.15) is 5.56 Å². The fraction of sp³-hybridized carbons (Fsp3) is 0.217. The molecule has 3 rings (SSSR count). The van der Waals surface area contributed by atoms with Gasteiger partial charge in [0.25, 0.3) is 5.69 Å². The Kier molecular flexibility index (Phi) is 7.67. The number of phenolic OH excluding ortho intramolecular Hbond substituents is 2. The Morgan fingerprint density at radius 3 is 1.71 bits per heavy atom. The summed E-state index contributed by atoms with van der Waals surface area (Å²) in [4.78, 5) is 12.7. The van der Waals surface area contributed by atoms with Gasteiger partial charge in [0.1, 0.15) is 11.5 Å². The summed E-state index contributed by atoms with van der Waals surface area (Å²) in [7, 11) is 0. The van der Waals surface area contributed by atoms with Crippen molar-refractivity contribution in [1.29, 1.82) is 0 Å². The molecule has 0 saturated heterocycles. The van der Waals surface area contributed by atoms with E-state index in [1.165, 1.54) is 12.1 Å². The van der Waals surface area contributed by atoms with Crippen molar-refractivity contribution in [3.05, 3.63) is 88.5 Å². The van der Waals surface area contributed by atoms with Crippen molar-refractivity contribution in [3.8, 4) is 11.5 Å². The van der Waals surface area contributed by atoms with E-state index in [4.69, 9.17) is 0 Å². The smallest absolute Gasteiger partial charge is 0.269 e. The number of para-hydroxylation sites is 4. The fourth-order valence-corrected chi connectivity index (χ4v) is 3.19. The molecule has 0 amide bonds. The Labute approximate surface area is 180 Å². The summed E-state index contributed by atoms with van der Waals surface area (Å²) >= 11 is 0. The predicted molar refractivity (Wildman–Crippen MR) is 122 cm³/mol. The molecule has 0 bridgehead atoms. The van der Waals surface area contributed by atoms with Gasteiger partial charge in [-0.25, -0.2) is 0 Å². The van der Waals surface area contributed by atoms with E-state index in [9.17, 15) is 20.3 Å². The van der Waals surface area contributed by atoms with Crippen LogP contribution in [0.5, 0.6) is 11.5 Å². The Bertz CT molecular complexity index is 943. The maximum absolute atomic E-state index is 10.9. The van der Waals surface area contributed by atoms with Crippen LogP contribution in [-0.2, 0) is 6.54 Å². The van der Waals surface area contributed by atoms with Crippen molar-refractivity contribution >= 4 is 17.1 Å². The number of phenols is 2. The van der Waals surface area contributed by atoms with Crippen LogP contribution in [0.3, 0.4) is 0 Å². The van der Waals surface area contributed by atoms with Gasteiger partial charge in [-0.3, -0.25) is 15.0 Å². The number of rotatable bonds is 11. The maximum Gasteiger partial charge on any atom is 0.269 e. The van der Waals surface area contributed by atoms with Crippen LogP contribution in [0.4, 0.5) is 17.1 Å². The van der Waals surface area contributed by atoms with Crippen LogP contribution >= 0.6 is 0 Å². The second kappa shape index (κ2) is 10.8. The van der Waals surface area contributed by atoms with Gasteiger partial charge in [-0.2, -0.15) is 0 Å². The molecule has 0 unspecified atom stereocenters. The molecule has 0 atom stereocenters. The maximum atomic E-state index is 10.9. The third kappa shape index (κ3) is 6.61. The molecule has 0 aliphatic heterocycles. The summed E-state index contributed by atoms with van der Waals surface area (Å²) in [5.41, 5.74) is 2.38. The zero-order valence-electron chi connectivity index (χ0n) is 17.1. The number of nitro benzene ring substituents is 1. The van der Waals surface area contributed by atoms with Crippen LogP contribution in [0.2, 0.25) is 0 Å². The number of benzene rings is 3. The number of nitrogens with zero attached hydrogens (tertiary/aromatic N) is 2. The Balaban J connectivity index is 1.60. The number of nitro groups is 1. The highest BCUT2D eigenvalue weighted by molar-refractivity contribution is 5.55. The minimum atomic E-state index is -0.409. The molecule has 0 heterocycles. The molecule has 31 heavy (non-hydrogen) atoms. The summed E-state index contributed by atoms with van der Waals surface area (Å²) in [5.74, 6) is 0.399. The Morgan fingerprint density at radius 2 is 1.26 bits per heavy atom. The molecule has 8 heteroatoms. The normalized spacial score (nSPS) is 10.7. The summed E-state index contributed by atoms with van der Waals surface area (Å²) in [5, 5.41) is 37.2. The lowest BCUT2D eigenvalue weighted by atomic mass is 10.2. The van der Waals surface area contributed by atoms with E-state index in [0.717, 1.165) is 5.56 Å². The molecular weight excluding hydrogens is 396 g/mol. The molecule has 0 fully saturated rings. The molecule has 3 aromatic rings. The number of aromatic hydroxyl groups is 2. The zero-order valence-corrected chi connectivity index (χ0v) is 17.1. The summed E-state index contributed by atoms with van der Waals surface area (Å²) < 4.78 is 0. The average Bonchev–Trinajstić information content (AvgIpc) is 2.76. The van der Waals surface area contributed by atoms with Crippen molar-refractivity contribution in [3.63, 3.8) is 0 Å². The topological polar surface area (TPSA) is 111 Å². The van der Waals surface area contributed by atoms with E-state index in [-0.39, 0.29) is 17.2 Å². The van der Waals surface area contributed by atoms with Crippen LogP contribution in [0.15, 0.2) is 72.8 Å². The van der Waals surface area contributed by atoms with Gasteiger partial charge in [0.2, 0.25) is 0 Å². The largest absolute Gasteiger partial charge is 0.506 e. The minimum absolute atomic E-state index is 0.0674. The first-order chi connectivity index (χ1) is 15.0. The van der Waals surface area contributed by atoms with E-state index >= 15 is 0 Å². The van der Waals surface area contributed by atoms with E-state index in [1.807, 2.05) is 24.3 Å². The van der Waals surface area contributed by atoms with Gasteiger partial charge in [0, 0.05) is 44.9 Å². The van der Waals surface area contributed by atoms with Gasteiger partial charge >= 0.3 is 0 Å². The average molecular weight is 422 g/mol. The molecular formula is C23H26N4O4. The molecule has 162 valence electrons. The van der Waals surface area contributed by atoms with Crippen molar-refractivity contribution < 1.29 is 15.1 Å².